The lowest BCUT2D eigenvalue weighted by Gasteiger charge is -2.47. The van der Waals surface area contributed by atoms with Crippen LogP contribution in [-0.2, 0) is 6.42 Å². The minimum Gasteiger partial charge on any atom is -0.392 e. The molecule has 2 N–H and O–H groups in total. The molecule has 27 heavy (non-hydrogen) atoms. The van der Waals surface area contributed by atoms with Gasteiger partial charge in [0.2, 0.25) is 0 Å². The molecule has 2 heterocycles. The van der Waals surface area contributed by atoms with Gasteiger partial charge in [-0.1, -0.05) is 61.9 Å². The zero-order chi connectivity index (χ0) is 19.6. The molecule has 0 unspecified atom stereocenters. The smallest absolute Gasteiger partial charge is 0.0643 e. The topological polar surface area (TPSA) is 45.2 Å². The van der Waals surface area contributed by atoms with E-state index in [1.165, 1.54) is 11.1 Å². The molecule has 4 atom stereocenters. The number of rotatable bonds is 5. The summed E-state index contributed by atoms with van der Waals surface area (Å²) in [6, 6.07) is 14.9. The van der Waals surface area contributed by atoms with Crippen LogP contribution in [0.2, 0.25) is 0 Å². The Kier molecular flexibility index (Phi) is 5.83. The normalized spacial score (nSPS) is 26.7. The molecule has 0 bridgehead atoms. The number of benzene rings is 1. The largest absolute Gasteiger partial charge is 0.392 e. The summed E-state index contributed by atoms with van der Waals surface area (Å²) in [7, 11) is 0. The molecule has 3 heteroatoms. The van der Waals surface area contributed by atoms with Gasteiger partial charge in [0.15, 0.2) is 0 Å². The van der Waals surface area contributed by atoms with Gasteiger partial charge < -0.3 is 10.4 Å². The molecule has 2 aromatic rings. The number of nitrogens with zero attached hydrogens (tertiary/aromatic N) is 1. The number of hydrogen-bond acceptors (Lipinski definition) is 3. The van der Waals surface area contributed by atoms with E-state index in [0.717, 1.165) is 17.7 Å². The molecule has 0 spiro atoms. The highest BCUT2D eigenvalue weighted by atomic mass is 16.3. The first-order valence-corrected chi connectivity index (χ1v) is 9.91. The average molecular weight is 365 g/mol. The van der Waals surface area contributed by atoms with E-state index in [1.807, 2.05) is 12.3 Å². The lowest BCUT2D eigenvalue weighted by atomic mass is 9.70. The van der Waals surface area contributed by atoms with Gasteiger partial charge in [-0.05, 0) is 43.9 Å². The number of nitrogens with one attached hydrogen (secondary N) is 1. The first-order chi connectivity index (χ1) is 12.8. The van der Waals surface area contributed by atoms with Crippen molar-refractivity contribution in [3.05, 3.63) is 77.1 Å². The third-order valence-electron chi connectivity index (χ3n) is 5.81. The van der Waals surface area contributed by atoms with Gasteiger partial charge >= 0.3 is 0 Å². The molecule has 3 rings (SSSR count). The SMILES string of the molecule is CC1=C[C@H]([C@H](O)C(C)C)[C@](C)(Cc2ccc(C)cn2)N[C@H]1c1ccccc1. The summed E-state index contributed by atoms with van der Waals surface area (Å²) in [4.78, 5) is 4.63. The maximum atomic E-state index is 11.0. The van der Waals surface area contributed by atoms with Crippen LogP contribution < -0.4 is 5.32 Å². The molecule has 1 aromatic heterocycles. The Morgan fingerprint density at radius 1 is 1.11 bits per heavy atom. The van der Waals surface area contributed by atoms with Gasteiger partial charge in [-0.25, -0.2) is 0 Å². The van der Waals surface area contributed by atoms with Gasteiger partial charge in [0.1, 0.15) is 0 Å². The molecule has 3 nitrogen and oxygen atoms in total. The van der Waals surface area contributed by atoms with E-state index in [2.05, 4.69) is 87.4 Å². The Labute approximate surface area is 163 Å². The van der Waals surface area contributed by atoms with Crippen molar-refractivity contribution in [3.63, 3.8) is 0 Å². The van der Waals surface area contributed by atoms with Crippen molar-refractivity contribution in [1.29, 1.82) is 0 Å². The average Bonchev–Trinajstić information content (AvgIpc) is 2.65. The third-order valence-corrected chi connectivity index (χ3v) is 5.81. The fraction of sp³-hybridized carbons (Fsp3) is 0.458. The summed E-state index contributed by atoms with van der Waals surface area (Å²) in [6.45, 7) is 10.6. The zero-order valence-electron chi connectivity index (χ0n) is 17.1. The predicted molar refractivity (Wildman–Crippen MR) is 111 cm³/mol. The van der Waals surface area contributed by atoms with E-state index in [9.17, 15) is 5.11 Å². The van der Waals surface area contributed by atoms with Crippen molar-refractivity contribution in [1.82, 2.24) is 10.3 Å². The molecule has 1 aliphatic heterocycles. The summed E-state index contributed by atoms with van der Waals surface area (Å²) in [6.07, 6.45) is 4.58. The maximum Gasteiger partial charge on any atom is 0.0643 e. The second-order valence-electron chi connectivity index (χ2n) is 8.58. The van der Waals surface area contributed by atoms with E-state index >= 15 is 0 Å². The molecule has 0 amide bonds. The number of hydrogen-bond donors (Lipinski definition) is 2. The number of aliphatic hydroxyl groups is 1. The Hall–Kier alpha value is -1.97. The first kappa shape index (κ1) is 19.8. The lowest BCUT2D eigenvalue weighted by Crippen LogP contribution is -2.58. The molecular weight excluding hydrogens is 332 g/mol. The van der Waals surface area contributed by atoms with E-state index < -0.39 is 6.10 Å². The van der Waals surface area contributed by atoms with Gasteiger partial charge in [-0.15, -0.1) is 0 Å². The van der Waals surface area contributed by atoms with Crippen molar-refractivity contribution in [2.75, 3.05) is 0 Å². The molecule has 0 fully saturated rings. The fourth-order valence-corrected chi connectivity index (χ4v) is 4.13. The summed E-state index contributed by atoms with van der Waals surface area (Å²) in [5.74, 6) is 0.222. The summed E-state index contributed by atoms with van der Waals surface area (Å²) in [5.41, 5.74) is 4.45. The van der Waals surface area contributed by atoms with Crippen LogP contribution in [0.1, 0.15) is 50.6 Å². The highest BCUT2D eigenvalue weighted by molar-refractivity contribution is 5.33. The van der Waals surface area contributed by atoms with Crippen LogP contribution in [0, 0.1) is 18.8 Å². The number of aromatic nitrogens is 1. The molecule has 0 saturated carbocycles. The van der Waals surface area contributed by atoms with Crippen LogP contribution in [0.5, 0.6) is 0 Å². The monoisotopic (exact) mass is 364 g/mol. The van der Waals surface area contributed by atoms with Crippen molar-refractivity contribution in [2.45, 2.75) is 58.7 Å². The quantitative estimate of drug-likeness (QED) is 0.761. The highest BCUT2D eigenvalue weighted by Crippen LogP contribution is 2.39. The molecule has 0 radical (unpaired) electrons. The molecule has 0 aliphatic carbocycles. The number of pyridine rings is 1. The van der Waals surface area contributed by atoms with Crippen molar-refractivity contribution in [3.8, 4) is 0 Å². The second kappa shape index (κ2) is 7.95. The summed E-state index contributed by atoms with van der Waals surface area (Å²) in [5, 5.41) is 14.9. The van der Waals surface area contributed by atoms with Gasteiger partial charge in [-0.3, -0.25) is 4.98 Å². The van der Waals surface area contributed by atoms with Crippen LogP contribution in [-0.4, -0.2) is 21.7 Å². The second-order valence-corrected chi connectivity index (χ2v) is 8.58. The molecular formula is C24H32N2O. The predicted octanol–water partition coefficient (Wildman–Crippen LogP) is 4.62. The van der Waals surface area contributed by atoms with E-state index in [4.69, 9.17) is 0 Å². The molecule has 1 aliphatic rings. The first-order valence-electron chi connectivity index (χ1n) is 9.91. The van der Waals surface area contributed by atoms with Crippen molar-refractivity contribution >= 4 is 0 Å². The van der Waals surface area contributed by atoms with Gasteiger partial charge in [0, 0.05) is 29.8 Å². The van der Waals surface area contributed by atoms with Crippen LogP contribution >= 0.6 is 0 Å². The van der Waals surface area contributed by atoms with E-state index in [0.29, 0.717) is 0 Å². The van der Waals surface area contributed by atoms with Gasteiger partial charge in [-0.2, -0.15) is 0 Å². The van der Waals surface area contributed by atoms with Crippen LogP contribution in [0.15, 0.2) is 60.3 Å². The Balaban J connectivity index is 1.99. The third kappa shape index (κ3) is 4.31. The standard InChI is InChI=1S/C24H32N2O/c1-16(2)23(27)21-13-18(4)22(19-9-7-6-8-10-19)26-24(21,5)14-20-12-11-17(3)15-25-20/h6-13,15-16,21-23,26-27H,14H2,1-5H3/t21-,22-,23-,24+/m1/s1. The fourth-order valence-electron chi connectivity index (χ4n) is 4.13. The zero-order valence-corrected chi connectivity index (χ0v) is 17.1. The Bertz CT molecular complexity index is 782. The highest BCUT2D eigenvalue weighted by Gasteiger charge is 2.43. The van der Waals surface area contributed by atoms with Gasteiger partial charge in [0.25, 0.3) is 0 Å². The van der Waals surface area contributed by atoms with Crippen molar-refractivity contribution in [2.24, 2.45) is 11.8 Å². The number of aryl methyl sites for hydroxylation is 1. The minimum atomic E-state index is -0.403. The summed E-state index contributed by atoms with van der Waals surface area (Å²) >= 11 is 0. The molecule has 0 saturated heterocycles. The lowest BCUT2D eigenvalue weighted by molar-refractivity contribution is 0.0314. The van der Waals surface area contributed by atoms with Crippen molar-refractivity contribution < 1.29 is 5.11 Å². The van der Waals surface area contributed by atoms with Crippen LogP contribution in [0.25, 0.3) is 0 Å². The molecule has 144 valence electrons. The summed E-state index contributed by atoms with van der Waals surface area (Å²) < 4.78 is 0. The molecule has 1 aromatic carbocycles. The van der Waals surface area contributed by atoms with Crippen LogP contribution in [0.3, 0.4) is 0 Å². The maximum absolute atomic E-state index is 11.0. The van der Waals surface area contributed by atoms with E-state index in [-0.39, 0.29) is 23.4 Å². The Morgan fingerprint density at radius 3 is 2.41 bits per heavy atom. The van der Waals surface area contributed by atoms with Gasteiger partial charge in [0.05, 0.1) is 12.1 Å². The van der Waals surface area contributed by atoms with E-state index in [1.54, 1.807) is 0 Å². The minimum absolute atomic E-state index is 0.0283. The number of aliphatic hydroxyl groups excluding tert-OH is 1. The Morgan fingerprint density at radius 2 is 1.81 bits per heavy atom. The van der Waals surface area contributed by atoms with Crippen LogP contribution in [0.4, 0.5) is 0 Å².